The first-order valence-electron chi connectivity index (χ1n) is 5.54. The Bertz CT molecular complexity index is 661. The quantitative estimate of drug-likeness (QED) is 0.802. The lowest BCUT2D eigenvalue weighted by Crippen LogP contribution is -2.11. The molecule has 0 saturated heterocycles. The zero-order chi connectivity index (χ0) is 13.1. The minimum Gasteiger partial charge on any atom is -0.298 e. The van der Waals surface area contributed by atoms with Gasteiger partial charge in [0.05, 0.1) is 0 Å². The number of carbonyl (C=O) groups is 1. The molecule has 0 saturated carbocycles. The van der Waals surface area contributed by atoms with Crippen molar-refractivity contribution in [2.24, 2.45) is 0 Å². The van der Waals surface area contributed by atoms with Crippen molar-refractivity contribution < 1.29 is 4.79 Å². The highest BCUT2D eigenvalue weighted by Crippen LogP contribution is 2.22. The zero-order valence-corrected chi connectivity index (χ0v) is 11.4. The Kier molecular flexibility index (Phi) is 3.35. The number of thiazole rings is 2. The van der Waals surface area contributed by atoms with E-state index in [2.05, 4.69) is 15.3 Å². The summed E-state index contributed by atoms with van der Waals surface area (Å²) in [6, 6.07) is 7.38. The summed E-state index contributed by atoms with van der Waals surface area (Å²) in [5.74, 6) is -0.152. The lowest BCUT2D eigenvalue weighted by Gasteiger charge is -2.02. The Morgan fingerprint density at radius 1 is 1.00 bits per heavy atom. The summed E-state index contributed by atoms with van der Waals surface area (Å²) in [4.78, 5) is 20.2. The molecule has 0 aliphatic heterocycles. The Labute approximate surface area is 117 Å². The SMILES string of the molecule is O=C(Nc1nccs1)c1ccc(-c2nccs2)cc1. The lowest BCUT2D eigenvalue weighted by molar-refractivity contribution is 0.102. The van der Waals surface area contributed by atoms with E-state index in [9.17, 15) is 4.79 Å². The van der Waals surface area contributed by atoms with E-state index >= 15 is 0 Å². The number of rotatable bonds is 3. The van der Waals surface area contributed by atoms with Crippen molar-refractivity contribution in [2.45, 2.75) is 0 Å². The van der Waals surface area contributed by atoms with E-state index in [1.165, 1.54) is 11.3 Å². The molecule has 2 heterocycles. The summed E-state index contributed by atoms with van der Waals surface area (Å²) in [7, 11) is 0. The lowest BCUT2D eigenvalue weighted by atomic mass is 10.1. The molecule has 3 rings (SSSR count). The molecule has 0 radical (unpaired) electrons. The van der Waals surface area contributed by atoms with Crippen LogP contribution in [0.3, 0.4) is 0 Å². The van der Waals surface area contributed by atoms with Crippen LogP contribution in [-0.4, -0.2) is 15.9 Å². The van der Waals surface area contributed by atoms with Gasteiger partial charge in [-0.3, -0.25) is 10.1 Å². The average molecular weight is 287 g/mol. The van der Waals surface area contributed by atoms with Crippen LogP contribution in [0.1, 0.15) is 10.4 Å². The molecular formula is C13H9N3OS2. The van der Waals surface area contributed by atoms with E-state index in [-0.39, 0.29) is 5.91 Å². The third-order valence-corrected chi connectivity index (χ3v) is 3.99. The molecule has 0 aliphatic carbocycles. The largest absolute Gasteiger partial charge is 0.298 e. The predicted molar refractivity (Wildman–Crippen MR) is 77.6 cm³/mol. The number of hydrogen-bond acceptors (Lipinski definition) is 5. The fraction of sp³-hybridized carbons (Fsp3) is 0. The van der Waals surface area contributed by atoms with Gasteiger partial charge in [0.2, 0.25) is 0 Å². The number of hydrogen-bond donors (Lipinski definition) is 1. The maximum atomic E-state index is 12.0. The van der Waals surface area contributed by atoms with Gasteiger partial charge in [0.25, 0.3) is 5.91 Å². The molecule has 0 fully saturated rings. The van der Waals surface area contributed by atoms with Crippen molar-refractivity contribution in [3.05, 3.63) is 53.0 Å². The molecule has 0 unspecified atom stereocenters. The van der Waals surface area contributed by atoms with Crippen LogP contribution >= 0.6 is 22.7 Å². The van der Waals surface area contributed by atoms with Gasteiger partial charge < -0.3 is 0 Å². The number of aromatic nitrogens is 2. The number of amides is 1. The van der Waals surface area contributed by atoms with E-state index in [0.29, 0.717) is 10.7 Å². The van der Waals surface area contributed by atoms with Gasteiger partial charge in [-0.2, -0.15) is 0 Å². The molecule has 0 bridgehead atoms. The Morgan fingerprint density at radius 2 is 1.74 bits per heavy atom. The van der Waals surface area contributed by atoms with Crippen molar-refractivity contribution in [1.82, 2.24) is 9.97 Å². The van der Waals surface area contributed by atoms with Crippen LogP contribution in [0, 0.1) is 0 Å². The maximum absolute atomic E-state index is 12.0. The summed E-state index contributed by atoms with van der Waals surface area (Å²) in [5.41, 5.74) is 1.62. The average Bonchev–Trinajstić information content (AvgIpc) is 3.12. The minimum absolute atomic E-state index is 0.152. The normalized spacial score (nSPS) is 10.3. The fourth-order valence-electron chi connectivity index (χ4n) is 1.58. The monoisotopic (exact) mass is 287 g/mol. The molecule has 0 spiro atoms. The fourth-order valence-corrected chi connectivity index (χ4v) is 2.75. The summed E-state index contributed by atoms with van der Waals surface area (Å²) < 4.78 is 0. The molecule has 1 aromatic carbocycles. The first-order valence-corrected chi connectivity index (χ1v) is 7.29. The third-order valence-electron chi connectivity index (χ3n) is 2.48. The molecule has 3 aromatic rings. The summed E-state index contributed by atoms with van der Waals surface area (Å²) in [5, 5.41) is 8.05. The van der Waals surface area contributed by atoms with Gasteiger partial charge in [-0.1, -0.05) is 12.1 Å². The number of anilines is 1. The molecule has 0 aliphatic rings. The van der Waals surface area contributed by atoms with Crippen LogP contribution in [0.15, 0.2) is 47.4 Å². The van der Waals surface area contributed by atoms with Crippen LogP contribution in [0.2, 0.25) is 0 Å². The first kappa shape index (κ1) is 12.0. The Hall–Kier alpha value is -2.05. The van der Waals surface area contributed by atoms with Gasteiger partial charge in [0, 0.05) is 34.3 Å². The van der Waals surface area contributed by atoms with Crippen LogP contribution in [-0.2, 0) is 0 Å². The van der Waals surface area contributed by atoms with E-state index in [4.69, 9.17) is 0 Å². The molecule has 1 N–H and O–H groups in total. The van der Waals surface area contributed by atoms with Gasteiger partial charge in [-0.25, -0.2) is 9.97 Å². The second-order valence-corrected chi connectivity index (χ2v) is 5.50. The number of carbonyl (C=O) groups excluding carboxylic acids is 1. The van der Waals surface area contributed by atoms with Gasteiger partial charge in [-0.15, -0.1) is 22.7 Å². The van der Waals surface area contributed by atoms with E-state index in [1.807, 2.05) is 22.9 Å². The summed E-state index contributed by atoms with van der Waals surface area (Å²) >= 11 is 2.97. The van der Waals surface area contributed by atoms with E-state index in [0.717, 1.165) is 10.6 Å². The molecule has 94 valence electrons. The van der Waals surface area contributed by atoms with Crippen LogP contribution in [0.5, 0.6) is 0 Å². The standard InChI is InChI=1S/C13H9N3OS2/c17-11(16-13-15-6-8-19-13)9-1-3-10(4-2-9)12-14-5-7-18-12/h1-8H,(H,15,16,17). The van der Waals surface area contributed by atoms with Crippen molar-refractivity contribution in [2.75, 3.05) is 5.32 Å². The number of benzene rings is 1. The van der Waals surface area contributed by atoms with E-state index < -0.39 is 0 Å². The Balaban J connectivity index is 1.77. The third kappa shape index (κ3) is 2.69. The highest BCUT2D eigenvalue weighted by atomic mass is 32.1. The first-order chi connectivity index (χ1) is 9.33. The number of nitrogens with zero attached hydrogens (tertiary/aromatic N) is 2. The Morgan fingerprint density at radius 3 is 2.37 bits per heavy atom. The minimum atomic E-state index is -0.152. The van der Waals surface area contributed by atoms with Gasteiger partial charge in [0.1, 0.15) is 5.01 Å². The summed E-state index contributed by atoms with van der Waals surface area (Å²) in [6.45, 7) is 0. The van der Waals surface area contributed by atoms with Crippen molar-refractivity contribution in [3.8, 4) is 10.6 Å². The van der Waals surface area contributed by atoms with Crippen LogP contribution in [0.4, 0.5) is 5.13 Å². The number of nitrogens with one attached hydrogen (secondary N) is 1. The molecule has 1 amide bonds. The molecule has 2 aromatic heterocycles. The van der Waals surface area contributed by atoms with Gasteiger partial charge >= 0.3 is 0 Å². The second-order valence-electron chi connectivity index (χ2n) is 3.71. The van der Waals surface area contributed by atoms with Gasteiger partial charge in [0.15, 0.2) is 5.13 Å². The second kappa shape index (κ2) is 5.29. The highest BCUT2D eigenvalue weighted by Gasteiger charge is 2.08. The van der Waals surface area contributed by atoms with Crippen molar-refractivity contribution in [1.29, 1.82) is 0 Å². The van der Waals surface area contributed by atoms with Crippen LogP contribution < -0.4 is 5.32 Å². The summed E-state index contributed by atoms with van der Waals surface area (Å²) in [6.07, 6.45) is 3.43. The predicted octanol–water partition coefficient (Wildman–Crippen LogP) is 3.52. The molecule has 19 heavy (non-hydrogen) atoms. The maximum Gasteiger partial charge on any atom is 0.257 e. The zero-order valence-electron chi connectivity index (χ0n) is 9.74. The van der Waals surface area contributed by atoms with Crippen LogP contribution in [0.25, 0.3) is 10.6 Å². The van der Waals surface area contributed by atoms with E-state index in [1.54, 1.807) is 35.9 Å². The topological polar surface area (TPSA) is 54.9 Å². The highest BCUT2D eigenvalue weighted by molar-refractivity contribution is 7.13. The van der Waals surface area contributed by atoms with Crippen molar-refractivity contribution in [3.63, 3.8) is 0 Å². The molecular weight excluding hydrogens is 278 g/mol. The molecule has 6 heteroatoms. The smallest absolute Gasteiger partial charge is 0.257 e. The van der Waals surface area contributed by atoms with Gasteiger partial charge in [-0.05, 0) is 12.1 Å². The molecule has 4 nitrogen and oxygen atoms in total. The van der Waals surface area contributed by atoms with Crippen molar-refractivity contribution >= 4 is 33.7 Å². The molecule has 0 atom stereocenters.